The van der Waals surface area contributed by atoms with Crippen molar-refractivity contribution in [2.24, 2.45) is 0 Å². The number of rotatable bonds is 6. The van der Waals surface area contributed by atoms with Crippen LogP contribution in [0.15, 0.2) is 42.5 Å². The maximum Gasteiger partial charge on any atom is 0.121 e. The third-order valence-electron chi connectivity index (χ3n) is 3.67. The second-order valence-corrected chi connectivity index (χ2v) is 5.18. The molecule has 0 spiro atoms. The lowest BCUT2D eigenvalue weighted by Crippen LogP contribution is -2.18. The summed E-state index contributed by atoms with van der Waals surface area (Å²) in [6, 6.07) is 14.7. The zero-order valence-corrected chi connectivity index (χ0v) is 13.1. The Labute approximate surface area is 126 Å². The van der Waals surface area contributed by atoms with Gasteiger partial charge in [-0.1, -0.05) is 24.3 Å². The Balaban J connectivity index is 2.00. The molecule has 21 heavy (non-hydrogen) atoms. The van der Waals surface area contributed by atoms with Gasteiger partial charge in [0, 0.05) is 12.6 Å². The van der Waals surface area contributed by atoms with Gasteiger partial charge in [-0.3, -0.25) is 0 Å². The molecule has 1 N–H and O–H groups in total. The highest BCUT2D eigenvalue weighted by atomic mass is 16.5. The van der Waals surface area contributed by atoms with Crippen molar-refractivity contribution in [2.75, 3.05) is 14.2 Å². The summed E-state index contributed by atoms with van der Waals surface area (Å²) in [4.78, 5) is 0. The summed E-state index contributed by atoms with van der Waals surface area (Å²) in [6.07, 6.45) is 0. The highest BCUT2D eigenvalue weighted by Gasteiger charge is 2.07. The lowest BCUT2D eigenvalue weighted by Gasteiger charge is -2.16. The molecule has 0 radical (unpaired) electrons. The molecule has 0 saturated heterocycles. The van der Waals surface area contributed by atoms with Crippen molar-refractivity contribution in [1.82, 2.24) is 5.32 Å². The van der Waals surface area contributed by atoms with E-state index in [-0.39, 0.29) is 6.04 Å². The standard InChI is InChI=1S/C18H23NO2/c1-13-10-15(8-9-18(13)21-4)12-19-14(2)16-6-5-7-17(11-16)20-3/h5-11,14,19H,12H2,1-4H3. The number of ether oxygens (including phenoxy) is 2. The highest BCUT2D eigenvalue weighted by Crippen LogP contribution is 2.21. The predicted octanol–water partition coefficient (Wildman–Crippen LogP) is 3.86. The normalized spacial score (nSPS) is 12.0. The average Bonchev–Trinajstić information content (AvgIpc) is 2.52. The van der Waals surface area contributed by atoms with E-state index in [2.05, 4.69) is 43.4 Å². The summed E-state index contributed by atoms with van der Waals surface area (Å²) in [7, 11) is 3.39. The molecule has 0 bridgehead atoms. The van der Waals surface area contributed by atoms with E-state index in [1.54, 1.807) is 14.2 Å². The van der Waals surface area contributed by atoms with Crippen molar-refractivity contribution in [1.29, 1.82) is 0 Å². The van der Waals surface area contributed by atoms with Gasteiger partial charge in [-0.25, -0.2) is 0 Å². The minimum atomic E-state index is 0.266. The molecule has 0 heterocycles. The predicted molar refractivity (Wildman–Crippen MR) is 86.0 cm³/mol. The average molecular weight is 285 g/mol. The lowest BCUT2D eigenvalue weighted by atomic mass is 10.1. The Morgan fingerprint density at radius 1 is 1.05 bits per heavy atom. The first kappa shape index (κ1) is 15.4. The van der Waals surface area contributed by atoms with Gasteiger partial charge in [-0.15, -0.1) is 0 Å². The van der Waals surface area contributed by atoms with E-state index < -0.39 is 0 Å². The highest BCUT2D eigenvalue weighted by molar-refractivity contribution is 5.36. The summed E-state index contributed by atoms with van der Waals surface area (Å²) >= 11 is 0. The van der Waals surface area contributed by atoms with Crippen molar-refractivity contribution in [2.45, 2.75) is 26.4 Å². The van der Waals surface area contributed by atoms with Crippen molar-refractivity contribution in [3.05, 3.63) is 59.2 Å². The smallest absolute Gasteiger partial charge is 0.121 e. The molecule has 2 aromatic rings. The molecule has 1 unspecified atom stereocenters. The lowest BCUT2D eigenvalue weighted by molar-refractivity contribution is 0.411. The summed E-state index contributed by atoms with van der Waals surface area (Å²) in [5.41, 5.74) is 3.63. The van der Waals surface area contributed by atoms with E-state index in [4.69, 9.17) is 9.47 Å². The molecule has 3 heteroatoms. The van der Waals surface area contributed by atoms with Crippen LogP contribution in [-0.4, -0.2) is 14.2 Å². The first-order chi connectivity index (χ1) is 10.1. The van der Waals surface area contributed by atoms with Gasteiger partial charge in [0.25, 0.3) is 0 Å². The number of benzene rings is 2. The first-order valence-electron chi connectivity index (χ1n) is 7.15. The summed E-state index contributed by atoms with van der Waals surface area (Å²) < 4.78 is 10.6. The number of hydrogen-bond acceptors (Lipinski definition) is 3. The molecule has 0 aliphatic heterocycles. The monoisotopic (exact) mass is 285 g/mol. The number of nitrogens with one attached hydrogen (secondary N) is 1. The van der Waals surface area contributed by atoms with Gasteiger partial charge in [-0.2, -0.15) is 0 Å². The second-order valence-electron chi connectivity index (χ2n) is 5.18. The molecule has 3 nitrogen and oxygen atoms in total. The molecular weight excluding hydrogens is 262 g/mol. The van der Waals surface area contributed by atoms with Crippen LogP contribution in [0.2, 0.25) is 0 Å². The second kappa shape index (κ2) is 7.14. The van der Waals surface area contributed by atoms with Crippen LogP contribution in [0.3, 0.4) is 0 Å². The molecule has 2 rings (SSSR count). The summed E-state index contributed by atoms with van der Waals surface area (Å²) in [5, 5.41) is 3.53. The van der Waals surface area contributed by atoms with Gasteiger partial charge in [0.1, 0.15) is 11.5 Å². The van der Waals surface area contributed by atoms with Gasteiger partial charge in [0.05, 0.1) is 14.2 Å². The number of aryl methyl sites for hydroxylation is 1. The molecule has 0 fully saturated rings. The largest absolute Gasteiger partial charge is 0.497 e. The van der Waals surface area contributed by atoms with Gasteiger partial charge < -0.3 is 14.8 Å². The van der Waals surface area contributed by atoms with E-state index in [0.717, 1.165) is 23.6 Å². The third-order valence-corrected chi connectivity index (χ3v) is 3.67. The Kier molecular flexibility index (Phi) is 5.23. The van der Waals surface area contributed by atoms with Crippen LogP contribution in [0.4, 0.5) is 0 Å². The zero-order chi connectivity index (χ0) is 15.2. The maximum absolute atomic E-state index is 5.29. The fourth-order valence-electron chi connectivity index (χ4n) is 2.35. The van der Waals surface area contributed by atoms with Crippen LogP contribution in [0.1, 0.15) is 29.7 Å². The molecular formula is C18H23NO2. The number of hydrogen-bond donors (Lipinski definition) is 1. The Morgan fingerprint density at radius 3 is 2.52 bits per heavy atom. The van der Waals surface area contributed by atoms with Gasteiger partial charge in [0.2, 0.25) is 0 Å². The van der Waals surface area contributed by atoms with E-state index in [0.29, 0.717) is 0 Å². The van der Waals surface area contributed by atoms with Crippen LogP contribution in [0.25, 0.3) is 0 Å². The molecule has 2 aromatic carbocycles. The molecule has 0 amide bonds. The summed E-state index contributed by atoms with van der Waals surface area (Å²) in [6.45, 7) is 5.04. The minimum absolute atomic E-state index is 0.266. The fourth-order valence-corrected chi connectivity index (χ4v) is 2.35. The fraction of sp³-hybridized carbons (Fsp3) is 0.333. The Morgan fingerprint density at radius 2 is 1.86 bits per heavy atom. The third kappa shape index (κ3) is 3.99. The van der Waals surface area contributed by atoms with Crippen molar-refractivity contribution >= 4 is 0 Å². The van der Waals surface area contributed by atoms with E-state index >= 15 is 0 Å². The van der Waals surface area contributed by atoms with Crippen LogP contribution < -0.4 is 14.8 Å². The number of methoxy groups -OCH3 is 2. The van der Waals surface area contributed by atoms with Gasteiger partial charge in [-0.05, 0) is 48.7 Å². The molecule has 0 aromatic heterocycles. The first-order valence-corrected chi connectivity index (χ1v) is 7.15. The molecule has 0 aliphatic rings. The van der Waals surface area contributed by atoms with Gasteiger partial charge >= 0.3 is 0 Å². The zero-order valence-electron chi connectivity index (χ0n) is 13.1. The Bertz CT molecular complexity index is 596. The van der Waals surface area contributed by atoms with E-state index in [1.165, 1.54) is 11.1 Å². The Hall–Kier alpha value is -2.00. The molecule has 1 atom stereocenters. The quantitative estimate of drug-likeness (QED) is 0.874. The molecule has 0 aliphatic carbocycles. The summed E-state index contributed by atoms with van der Waals surface area (Å²) in [5.74, 6) is 1.82. The molecule has 0 saturated carbocycles. The van der Waals surface area contributed by atoms with E-state index in [9.17, 15) is 0 Å². The maximum atomic E-state index is 5.29. The van der Waals surface area contributed by atoms with Crippen molar-refractivity contribution < 1.29 is 9.47 Å². The van der Waals surface area contributed by atoms with Crippen LogP contribution in [-0.2, 0) is 6.54 Å². The van der Waals surface area contributed by atoms with E-state index in [1.807, 2.05) is 18.2 Å². The molecule has 112 valence electrons. The van der Waals surface area contributed by atoms with Gasteiger partial charge in [0.15, 0.2) is 0 Å². The van der Waals surface area contributed by atoms with Crippen molar-refractivity contribution in [3.63, 3.8) is 0 Å². The minimum Gasteiger partial charge on any atom is -0.497 e. The van der Waals surface area contributed by atoms with Crippen LogP contribution in [0.5, 0.6) is 11.5 Å². The SMILES string of the molecule is COc1cccc(C(C)NCc2ccc(OC)c(C)c2)c1. The van der Waals surface area contributed by atoms with Crippen LogP contribution in [0, 0.1) is 6.92 Å². The topological polar surface area (TPSA) is 30.5 Å². The van der Waals surface area contributed by atoms with Crippen LogP contribution >= 0.6 is 0 Å². The van der Waals surface area contributed by atoms with Crippen molar-refractivity contribution in [3.8, 4) is 11.5 Å².